The number of hydrogen-bond acceptors (Lipinski definition) is 4. The van der Waals surface area contributed by atoms with E-state index in [2.05, 4.69) is 5.32 Å². The molecule has 84 valence electrons. The first-order valence-electron chi connectivity index (χ1n) is 4.55. The molecular formula is C10H9NO5. The highest BCUT2D eigenvalue weighted by atomic mass is 16.5. The Bertz CT molecular complexity index is 457. The van der Waals surface area contributed by atoms with Crippen LogP contribution in [0.3, 0.4) is 0 Å². The lowest BCUT2D eigenvalue weighted by Crippen LogP contribution is -2.25. The summed E-state index contributed by atoms with van der Waals surface area (Å²) in [5.74, 6) is -1.24. The van der Waals surface area contributed by atoms with E-state index >= 15 is 0 Å². The molecule has 1 atom stereocenters. The Hall–Kier alpha value is -2.08. The number of ether oxygens (including phenoxy) is 1. The van der Waals surface area contributed by atoms with Crippen LogP contribution < -0.4 is 10.1 Å². The molecular weight excluding hydrogens is 214 g/mol. The Morgan fingerprint density at radius 1 is 1.50 bits per heavy atom. The molecule has 0 bridgehead atoms. The van der Waals surface area contributed by atoms with Crippen molar-refractivity contribution >= 4 is 17.6 Å². The van der Waals surface area contributed by atoms with Crippen molar-refractivity contribution in [2.75, 3.05) is 11.9 Å². The van der Waals surface area contributed by atoms with Gasteiger partial charge in [-0.05, 0) is 17.7 Å². The standard InChI is InChI=1S/C10H9NO5/c12-8-4-16-7-3-5(9(13)10(14)15)1-2-6(7)11-8/h1-3,9,13H,4H2,(H,11,12)(H,14,15). The Morgan fingerprint density at radius 3 is 2.94 bits per heavy atom. The largest absolute Gasteiger partial charge is 0.482 e. The summed E-state index contributed by atoms with van der Waals surface area (Å²) in [5, 5.41) is 20.5. The summed E-state index contributed by atoms with van der Waals surface area (Å²) < 4.78 is 5.09. The maximum absolute atomic E-state index is 11.0. The van der Waals surface area contributed by atoms with Crippen molar-refractivity contribution in [1.29, 1.82) is 0 Å². The number of rotatable bonds is 2. The minimum Gasteiger partial charge on any atom is -0.482 e. The van der Waals surface area contributed by atoms with Crippen LogP contribution in [0.1, 0.15) is 11.7 Å². The van der Waals surface area contributed by atoms with E-state index in [1.54, 1.807) is 0 Å². The minimum atomic E-state index is -1.59. The molecule has 2 rings (SSSR count). The number of carbonyl (C=O) groups excluding carboxylic acids is 1. The van der Waals surface area contributed by atoms with Crippen molar-refractivity contribution in [3.05, 3.63) is 23.8 Å². The number of carboxylic acid groups (broad SMARTS) is 1. The van der Waals surface area contributed by atoms with Gasteiger partial charge in [0.15, 0.2) is 12.7 Å². The van der Waals surface area contributed by atoms with Crippen molar-refractivity contribution in [1.82, 2.24) is 0 Å². The van der Waals surface area contributed by atoms with Crippen LogP contribution in [0.2, 0.25) is 0 Å². The fourth-order valence-electron chi connectivity index (χ4n) is 1.40. The number of amides is 1. The monoisotopic (exact) mass is 223 g/mol. The number of hydrogen-bond donors (Lipinski definition) is 3. The van der Waals surface area contributed by atoms with Crippen LogP contribution in [0.15, 0.2) is 18.2 Å². The van der Waals surface area contributed by atoms with Crippen molar-refractivity contribution in [2.24, 2.45) is 0 Å². The number of aliphatic hydroxyl groups is 1. The third-order valence-electron chi connectivity index (χ3n) is 2.19. The van der Waals surface area contributed by atoms with Gasteiger partial charge in [0.1, 0.15) is 5.75 Å². The quantitative estimate of drug-likeness (QED) is 0.662. The van der Waals surface area contributed by atoms with E-state index in [0.29, 0.717) is 11.4 Å². The minimum absolute atomic E-state index is 0.111. The first kappa shape index (κ1) is 10.4. The van der Waals surface area contributed by atoms with E-state index in [-0.39, 0.29) is 18.1 Å². The summed E-state index contributed by atoms with van der Waals surface area (Å²) in [6, 6.07) is 4.31. The second-order valence-corrected chi connectivity index (χ2v) is 3.33. The first-order valence-corrected chi connectivity index (χ1v) is 4.55. The number of carbonyl (C=O) groups is 2. The van der Waals surface area contributed by atoms with Gasteiger partial charge in [0.05, 0.1) is 5.69 Å². The van der Waals surface area contributed by atoms with Gasteiger partial charge in [-0.2, -0.15) is 0 Å². The fraction of sp³-hybridized carbons (Fsp3) is 0.200. The summed E-state index contributed by atoms with van der Waals surface area (Å²) in [6.07, 6.45) is -1.59. The molecule has 3 N–H and O–H groups in total. The highest BCUT2D eigenvalue weighted by Crippen LogP contribution is 2.30. The van der Waals surface area contributed by atoms with Crippen LogP contribution in [-0.4, -0.2) is 28.7 Å². The Balaban J connectivity index is 2.33. The molecule has 0 saturated heterocycles. The van der Waals surface area contributed by atoms with Crippen LogP contribution in [-0.2, 0) is 9.59 Å². The van der Waals surface area contributed by atoms with Crippen molar-refractivity contribution in [2.45, 2.75) is 6.10 Å². The predicted molar refractivity (Wildman–Crippen MR) is 53.2 cm³/mol. The van der Waals surface area contributed by atoms with Gasteiger partial charge in [0.25, 0.3) is 5.91 Å². The van der Waals surface area contributed by atoms with Crippen LogP contribution in [0.5, 0.6) is 5.75 Å². The van der Waals surface area contributed by atoms with Gasteiger partial charge < -0.3 is 20.3 Å². The molecule has 0 aromatic heterocycles. The maximum Gasteiger partial charge on any atom is 0.337 e. The second-order valence-electron chi connectivity index (χ2n) is 3.33. The van der Waals surface area contributed by atoms with E-state index in [1.807, 2.05) is 0 Å². The highest BCUT2D eigenvalue weighted by molar-refractivity contribution is 5.95. The Kier molecular flexibility index (Phi) is 2.49. The van der Waals surface area contributed by atoms with E-state index in [4.69, 9.17) is 9.84 Å². The third-order valence-corrected chi connectivity index (χ3v) is 2.19. The molecule has 0 saturated carbocycles. The lowest BCUT2D eigenvalue weighted by Gasteiger charge is -2.19. The van der Waals surface area contributed by atoms with Gasteiger partial charge in [0, 0.05) is 0 Å². The van der Waals surface area contributed by atoms with Gasteiger partial charge in [-0.3, -0.25) is 4.79 Å². The molecule has 0 aliphatic carbocycles. The molecule has 16 heavy (non-hydrogen) atoms. The zero-order valence-electron chi connectivity index (χ0n) is 8.14. The third kappa shape index (κ3) is 1.82. The van der Waals surface area contributed by atoms with Crippen molar-refractivity contribution in [3.8, 4) is 5.75 Å². The topological polar surface area (TPSA) is 95.9 Å². The number of benzene rings is 1. The van der Waals surface area contributed by atoms with Crippen molar-refractivity contribution < 1.29 is 24.5 Å². The smallest absolute Gasteiger partial charge is 0.337 e. The molecule has 1 amide bonds. The molecule has 1 aliphatic rings. The summed E-state index contributed by atoms with van der Waals surface area (Å²) in [7, 11) is 0. The molecule has 0 radical (unpaired) electrons. The van der Waals surface area contributed by atoms with Crippen molar-refractivity contribution in [3.63, 3.8) is 0 Å². The number of nitrogens with one attached hydrogen (secondary N) is 1. The average Bonchev–Trinajstić information content (AvgIpc) is 2.27. The number of carboxylic acids is 1. The number of fused-ring (bicyclic) bond motifs is 1. The second kappa shape index (κ2) is 3.82. The molecule has 1 aromatic rings. The van der Waals surface area contributed by atoms with E-state index in [9.17, 15) is 14.7 Å². The van der Waals surface area contributed by atoms with Gasteiger partial charge in [0.2, 0.25) is 0 Å². The van der Waals surface area contributed by atoms with E-state index in [1.165, 1.54) is 18.2 Å². The lowest BCUT2D eigenvalue weighted by atomic mass is 10.1. The molecule has 1 unspecified atom stereocenters. The zero-order chi connectivity index (χ0) is 11.7. The van der Waals surface area contributed by atoms with E-state index < -0.39 is 12.1 Å². The normalized spacial score (nSPS) is 15.7. The van der Waals surface area contributed by atoms with Gasteiger partial charge in [-0.1, -0.05) is 6.07 Å². The number of aliphatic carboxylic acids is 1. The summed E-state index contributed by atoms with van der Waals surface area (Å²) in [4.78, 5) is 21.5. The van der Waals surface area contributed by atoms with Crippen LogP contribution in [0.4, 0.5) is 5.69 Å². The van der Waals surface area contributed by atoms with E-state index in [0.717, 1.165) is 0 Å². The van der Waals surface area contributed by atoms with Crippen LogP contribution in [0.25, 0.3) is 0 Å². The molecule has 1 heterocycles. The average molecular weight is 223 g/mol. The Labute approximate surface area is 90.5 Å². The molecule has 6 nitrogen and oxygen atoms in total. The number of aliphatic hydroxyl groups excluding tert-OH is 1. The summed E-state index contributed by atoms with van der Waals surface area (Å²) in [5.41, 5.74) is 0.681. The molecule has 0 spiro atoms. The van der Waals surface area contributed by atoms with Gasteiger partial charge in [-0.15, -0.1) is 0 Å². The highest BCUT2D eigenvalue weighted by Gasteiger charge is 2.21. The van der Waals surface area contributed by atoms with Gasteiger partial charge in [-0.25, -0.2) is 4.79 Å². The fourth-order valence-corrected chi connectivity index (χ4v) is 1.40. The number of anilines is 1. The first-order chi connectivity index (χ1) is 7.58. The zero-order valence-corrected chi connectivity index (χ0v) is 8.14. The van der Waals surface area contributed by atoms with Crippen LogP contribution in [0, 0.1) is 0 Å². The lowest BCUT2D eigenvalue weighted by molar-refractivity contribution is -0.147. The summed E-state index contributed by atoms with van der Waals surface area (Å²) in [6.45, 7) is -0.111. The maximum atomic E-state index is 11.0. The molecule has 1 aliphatic heterocycles. The van der Waals surface area contributed by atoms with Gasteiger partial charge >= 0.3 is 5.97 Å². The summed E-state index contributed by atoms with van der Waals surface area (Å²) >= 11 is 0. The van der Waals surface area contributed by atoms with Crippen LogP contribution >= 0.6 is 0 Å². The molecule has 0 fully saturated rings. The predicted octanol–water partition coefficient (Wildman–Crippen LogP) is 0.135. The SMILES string of the molecule is O=C1COc2cc(C(O)C(=O)O)ccc2N1. The molecule has 1 aromatic carbocycles. The molecule has 6 heteroatoms. The Morgan fingerprint density at radius 2 is 2.25 bits per heavy atom.